The molecule has 0 aromatic heterocycles. The van der Waals surface area contributed by atoms with Gasteiger partial charge in [0, 0.05) is 18.6 Å². The van der Waals surface area contributed by atoms with Crippen molar-refractivity contribution < 1.29 is 9.90 Å². The van der Waals surface area contributed by atoms with Crippen molar-refractivity contribution in [2.24, 2.45) is 5.41 Å². The lowest BCUT2D eigenvalue weighted by Gasteiger charge is -2.62. The highest BCUT2D eigenvalue weighted by molar-refractivity contribution is 5.68. The average Bonchev–Trinajstić information content (AvgIpc) is 2.20. The summed E-state index contributed by atoms with van der Waals surface area (Å²) in [6.07, 6.45) is 8.85. The monoisotopic (exact) mass is 253 g/mol. The Balaban J connectivity index is 1.94. The van der Waals surface area contributed by atoms with Crippen LogP contribution < -0.4 is 0 Å². The maximum Gasteiger partial charge on any atom is 0.305 e. The molecule has 2 aliphatic rings. The maximum atomic E-state index is 11.0. The van der Waals surface area contributed by atoms with Crippen molar-refractivity contribution in [2.75, 3.05) is 13.1 Å². The average molecular weight is 253 g/mol. The maximum absolute atomic E-state index is 11.0. The third-order valence-corrected chi connectivity index (χ3v) is 5.05. The van der Waals surface area contributed by atoms with Gasteiger partial charge in [-0.3, -0.25) is 9.69 Å². The van der Waals surface area contributed by atoms with Crippen LogP contribution in [0.1, 0.15) is 65.2 Å². The molecule has 2 fully saturated rings. The molecule has 1 saturated heterocycles. The Morgan fingerprint density at radius 1 is 1.17 bits per heavy atom. The molecule has 1 aliphatic heterocycles. The van der Waals surface area contributed by atoms with E-state index in [1.807, 2.05) is 0 Å². The molecule has 0 bridgehead atoms. The zero-order valence-corrected chi connectivity index (χ0v) is 11.9. The Hall–Kier alpha value is -0.570. The summed E-state index contributed by atoms with van der Waals surface area (Å²) in [6.45, 7) is 6.80. The van der Waals surface area contributed by atoms with Crippen molar-refractivity contribution in [1.82, 2.24) is 4.90 Å². The van der Waals surface area contributed by atoms with Gasteiger partial charge in [-0.25, -0.2) is 0 Å². The Kier molecular flexibility index (Phi) is 4.00. The Bertz CT molecular complexity index is 296. The predicted molar refractivity (Wildman–Crippen MR) is 72.7 cm³/mol. The molecule has 2 rings (SSSR count). The number of aliphatic carboxylic acids is 1. The predicted octanol–water partition coefficient (Wildman–Crippen LogP) is 3.29. The summed E-state index contributed by atoms with van der Waals surface area (Å²) in [5.41, 5.74) is 0.529. The third kappa shape index (κ3) is 2.42. The van der Waals surface area contributed by atoms with E-state index in [0.717, 1.165) is 25.9 Å². The molecule has 0 unspecified atom stereocenters. The molecule has 3 nitrogen and oxygen atoms in total. The van der Waals surface area contributed by atoms with Crippen LogP contribution >= 0.6 is 0 Å². The van der Waals surface area contributed by atoms with E-state index in [1.165, 1.54) is 32.1 Å². The fourth-order valence-electron chi connectivity index (χ4n) is 4.07. The first kappa shape index (κ1) is 13.9. The molecule has 0 amide bonds. The lowest BCUT2D eigenvalue weighted by molar-refractivity contribution is -0.154. The minimum Gasteiger partial charge on any atom is -0.481 e. The SMILES string of the molecule is CCCC1(CCC)CN(C2(CC(=O)O)CCC2)C1. The number of hydrogen-bond donors (Lipinski definition) is 1. The zero-order chi connectivity index (χ0) is 13.2. The highest BCUT2D eigenvalue weighted by Gasteiger charge is 2.53. The van der Waals surface area contributed by atoms with E-state index < -0.39 is 5.97 Å². The van der Waals surface area contributed by atoms with Gasteiger partial charge in [0.1, 0.15) is 0 Å². The van der Waals surface area contributed by atoms with E-state index in [9.17, 15) is 4.79 Å². The summed E-state index contributed by atoms with van der Waals surface area (Å²) in [4.78, 5) is 13.5. The molecule has 3 heteroatoms. The van der Waals surface area contributed by atoms with Gasteiger partial charge in [-0.1, -0.05) is 26.7 Å². The van der Waals surface area contributed by atoms with Crippen molar-refractivity contribution in [3.05, 3.63) is 0 Å². The smallest absolute Gasteiger partial charge is 0.305 e. The second kappa shape index (κ2) is 5.20. The van der Waals surface area contributed by atoms with Crippen LogP contribution in [-0.4, -0.2) is 34.6 Å². The first-order chi connectivity index (χ1) is 8.56. The van der Waals surface area contributed by atoms with Crippen LogP contribution in [-0.2, 0) is 4.79 Å². The Morgan fingerprint density at radius 2 is 1.72 bits per heavy atom. The van der Waals surface area contributed by atoms with Crippen LogP contribution in [0.3, 0.4) is 0 Å². The van der Waals surface area contributed by atoms with E-state index in [2.05, 4.69) is 18.7 Å². The fraction of sp³-hybridized carbons (Fsp3) is 0.933. The van der Waals surface area contributed by atoms with Crippen LogP contribution in [0.25, 0.3) is 0 Å². The van der Waals surface area contributed by atoms with Gasteiger partial charge in [0.25, 0.3) is 0 Å². The van der Waals surface area contributed by atoms with Crippen molar-refractivity contribution >= 4 is 5.97 Å². The van der Waals surface area contributed by atoms with Crippen molar-refractivity contribution in [3.63, 3.8) is 0 Å². The highest BCUT2D eigenvalue weighted by atomic mass is 16.4. The quantitative estimate of drug-likeness (QED) is 0.757. The minimum atomic E-state index is -0.627. The summed E-state index contributed by atoms with van der Waals surface area (Å²) < 4.78 is 0. The number of carboxylic acids is 1. The van der Waals surface area contributed by atoms with Gasteiger partial charge in [0.15, 0.2) is 0 Å². The second-order valence-electron chi connectivity index (χ2n) is 6.50. The van der Waals surface area contributed by atoms with E-state index in [0.29, 0.717) is 11.8 Å². The topological polar surface area (TPSA) is 40.5 Å². The van der Waals surface area contributed by atoms with Crippen LogP contribution in [0.2, 0.25) is 0 Å². The van der Waals surface area contributed by atoms with Crippen LogP contribution in [0, 0.1) is 5.41 Å². The van der Waals surface area contributed by atoms with Crippen molar-refractivity contribution in [2.45, 2.75) is 70.8 Å². The number of carbonyl (C=O) groups is 1. The first-order valence-corrected chi connectivity index (χ1v) is 7.53. The molecule has 0 aromatic carbocycles. The van der Waals surface area contributed by atoms with Gasteiger partial charge in [-0.2, -0.15) is 0 Å². The molecular weight excluding hydrogens is 226 g/mol. The largest absolute Gasteiger partial charge is 0.481 e. The van der Waals surface area contributed by atoms with Gasteiger partial charge in [0.05, 0.1) is 6.42 Å². The normalized spacial score (nSPS) is 25.2. The van der Waals surface area contributed by atoms with Crippen LogP contribution in [0.4, 0.5) is 0 Å². The molecule has 0 aromatic rings. The summed E-state index contributed by atoms with van der Waals surface area (Å²) in [5.74, 6) is -0.627. The molecule has 0 spiro atoms. The molecule has 1 heterocycles. The lowest BCUT2D eigenvalue weighted by atomic mass is 9.65. The Morgan fingerprint density at radius 3 is 2.06 bits per heavy atom. The summed E-state index contributed by atoms with van der Waals surface area (Å²) in [7, 11) is 0. The third-order valence-electron chi connectivity index (χ3n) is 5.05. The van der Waals surface area contributed by atoms with E-state index >= 15 is 0 Å². The van der Waals surface area contributed by atoms with Gasteiger partial charge >= 0.3 is 5.97 Å². The first-order valence-electron chi connectivity index (χ1n) is 7.53. The highest BCUT2D eigenvalue weighted by Crippen LogP contribution is 2.50. The molecule has 0 radical (unpaired) electrons. The molecule has 104 valence electrons. The number of carboxylic acid groups (broad SMARTS) is 1. The molecule has 1 aliphatic carbocycles. The number of hydrogen-bond acceptors (Lipinski definition) is 2. The van der Waals surface area contributed by atoms with E-state index in [1.54, 1.807) is 0 Å². The zero-order valence-electron chi connectivity index (χ0n) is 11.9. The van der Waals surface area contributed by atoms with E-state index in [4.69, 9.17) is 5.11 Å². The number of rotatable bonds is 7. The van der Waals surface area contributed by atoms with Crippen LogP contribution in [0.15, 0.2) is 0 Å². The second-order valence-corrected chi connectivity index (χ2v) is 6.50. The van der Waals surface area contributed by atoms with Gasteiger partial charge in [-0.05, 0) is 37.5 Å². The summed E-state index contributed by atoms with van der Waals surface area (Å²) in [5, 5.41) is 9.09. The Labute approximate surface area is 111 Å². The molecule has 18 heavy (non-hydrogen) atoms. The molecule has 0 atom stereocenters. The van der Waals surface area contributed by atoms with Gasteiger partial charge < -0.3 is 5.11 Å². The summed E-state index contributed by atoms with van der Waals surface area (Å²) >= 11 is 0. The lowest BCUT2D eigenvalue weighted by Crippen LogP contribution is -2.68. The van der Waals surface area contributed by atoms with Crippen molar-refractivity contribution in [1.29, 1.82) is 0 Å². The fourth-order valence-corrected chi connectivity index (χ4v) is 4.07. The molecule has 1 saturated carbocycles. The standard InChI is InChI=1S/C15H27NO2/c1-3-6-14(7-4-2)11-16(12-14)15(8-5-9-15)10-13(17)18/h3-12H2,1-2H3,(H,17,18). The van der Waals surface area contributed by atoms with Gasteiger partial charge in [-0.15, -0.1) is 0 Å². The number of nitrogens with zero attached hydrogens (tertiary/aromatic N) is 1. The van der Waals surface area contributed by atoms with Crippen LogP contribution in [0.5, 0.6) is 0 Å². The minimum absolute atomic E-state index is 0.0246. The van der Waals surface area contributed by atoms with Gasteiger partial charge in [0.2, 0.25) is 0 Å². The number of likely N-dealkylation sites (tertiary alicyclic amines) is 1. The molecular formula is C15H27NO2. The van der Waals surface area contributed by atoms with Crippen molar-refractivity contribution in [3.8, 4) is 0 Å². The summed E-state index contributed by atoms with van der Waals surface area (Å²) in [6, 6.07) is 0. The molecule has 1 N–H and O–H groups in total. The van der Waals surface area contributed by atoms with E-state index in [-0.39, 0.29) is 5.54 Å².